The summed E-state index contributed by atoms with van der Waals surface area (Å²) in [5, 5.41) is 11.5. The molecule has 3 aromatic rings. The summed E-state index contributed by atoms with van der Waals surface area (Å²) in [5.74, 6) is 0.00726. The maximum Gasteiger partial charge on any atom is 0.247 e. The zero-order chi connectivity index (χ0) is 17.3. The minimum atomic E-state index is -0.322. The van der Waals surface area contributed by atoms with Gasteiger partial charge in [0, 0.05) is 11.8 Å². The van der Waals surface area contributed by atoms with E-state index in [-0.39, 0.29) is 18.3 Å². The summed E-state index contributed by atoms with van der Waals surface area (Å²) in [6, 6.07) is 9.61. The van der Waals surface area contributed by atoms with E-state index in [1.165, 1.54) is 12.1 Å². The highest BCUT2D eigenvalue weighted by Crippen LogP contribution is 2.17. The standard InChI is InChI=1S/C17H18FN5O/c1-11-8-13(3)22(20-11)10-17(24)19-16-9-12(2)21-23(16)15-6-4-14(18)5-7-15/h4-9H,10H2,1-3H3,(H,19,24). The fraction of sp³-hybridized carbons (Fsp3) is 0.235. The Hall–Kier alpha value is -2.96. The van der Waals surface area contributed by atoms with Crippen molar-refractivity contribution in [1.82, 2.24) is 19.6 Å². The summed E-state index contributed by atoms with van der Waals surface area (Å²) in [6.07, 6.45) is 0. The molecule has 1 aromatic carbocycles. The number of carbonyl (C=O) groups excluding carboxylic acids is 1. The lowest BCUT2D eigenvalue weighted by atomic mass is 10.3. The largest absolute Gasteiger partial charge is 0.309 e. The first kappa shape index (κ1) is 15.9. The number of carbonyl (C=O) groups is 1. The molecule has 0 aliphatic heterocycles. The van der Waals surface area contributed by atoms with E-state index in [4.69, 9.17) is 0 Å². The van der Waals surface area contributed by atoms with Crippen molar-refractivity contribution < 1.29 is 9.18 Å². The number of aromatic nitrogens is 4. The number of amides is 1. The van der Waals surface area contributed by atoms with Crippen LogP contribution < -0.4 is 5.32 Å². The van der Waals surface area contributed by atoms with E-state index in [1.54, 1.807) is 27.6 Å². The highest BCUT2D eigenvalue weighted by atomic mass is 19.1. The molecular formula is C17H18FN5O. The first-order valence-corrected chi connectivity index (χ1v) is 7.56. The Balaban J connectivity index is 1.81. The van der Waals surface area contributed by atoms with Gasteiger partial charge in [-0.3, -0.25) is 9.48 Å². The van der Waals surface area contributed by atoms with Crippen LogP contribution in [0.2, 0.25) is 0 Å². The fourth-order valence-electron chi connectivity index (χ4n) is 2.52. The molecule has 1 N–H and O–H groups in total. The van der Waals surface area contributed by atoms with Crippen molar-refractivity contribution in [3.63, 3.8) is 0 Å². The molecule has 0 saturated heterocycles. The average molecular weight is 327 g/mol. The second-order valence-corrected chi connectivity index (χ2v) is 5.69. The molecule has 0 saturated carbocycles. The van der Waals surface area contributed by atoms with Crippen LogP contribution in [0.4, 0.5) is 10.2 Å². The van der Waals surface area contributed by atoms with Gasteiger partial charge < -0.3 is 5.32 Å². The fourth-order valence-corrected chi connectivity index (χ4v) is 2.52. The number of halogens is 1. The van der Waals surface area contributed by atoms with Crippen LogP contribution in [0, 0.1) is 26.6 Å². The molecule has 0 bridgehead atoms. The van der Waals surface area contributed by atoms with Crippen molar-refractivity contribution in [2.75, 3.05) is 5.32 Å². The molecule has 0 spiro atoms. The van der Waals surface area contributed by atoms with E-state index in [1.807, 2.05) is 26.8 Å². The number of benzene rings is 1. The first-order chi connectivity index (χ1) is 11.4. The van der Waals surface area contributed by atoms with Gasteiger partial charge in [-0.1, -0.05) is 0 Å². The maximum atomic E-state index is 13.1. The smallest absolute Gasteiger partial charge is 0.247 e. The minimum Gasteiger partial charge on any atom is -0.309 e. The van der Waals surface area contributed by atoms with E-state index >= 15 is 0 Å². The third kappa shape index (κ3) is 3.34. The first-order valence-electron chi connectivity index (χ1n) is 7.56. The van der Waals surface area contributed by atoms with Crippen molar-refractivity contribution >= 4 is 11.7 Å². The molecule has 2 aromatic heterocycles. The number of aryl methyl sites for hydroxylation is 3. The lowest BCUT2D eigenvalue weighted by molar-refractivity contribution is -0.117. The van der Waals surface area contributed by atoms with Gasteiger partial charge in [0.2, 0.25) is 5.91 Å². The van der Waals surface area contributed by atoms with Gasteiger partial charge in [-0.25, -0.2) is 9.07 Å². The number of hydrogen-bond donors (Lipinski definition) is 1. The summed E-state index contributed by atoms with van der Waals surface area (Å²) < 4.78 is 16.3. The van der Waals surface area contributed by atoms with Crippen molar-refractivity contribution in [3.8, 4) is 5.69 Å². The van der Waals surface area contributed by atoms with Crippen LogP contribution >= 0.6 is 0 Å². The van der Waals surface area contributed by atoms with Crippen LogP contribution in [0.15, 0.2) is 36.4 Å². The monoisotopic (exact) mass is 327 g/mol. The predicted octanol–water partition coefficient (Wildman–Crippen LogP) is 2.77. The van der Waals surface area contributed by atoms with Gasteiger partial charge in [-0.05, 0) is 51.1 Å². The van der Waals surface area contributed by atoms with Gasteiger partial charge in [-0.15, -0.1) is 0 Å². The second-order valence-electron chi connectivity index (χ2n) is 5.69. The van der Waals surface area contributed by atoms with Crippen LogP contribution in [0.5, 0.6) is 0 Å². The lowest BCUT2D eigenvalue weighted by Gasteiger charge is -2.09. The Kier molecular flexibility index (Phi) is 4.16. The number of anilines is 1. The molecule has 0 aliphatic carbocycles. The van der Waals surface area contributed by atoms with Gasteiger partial charge in [0.15, 0.2) is 0 Å². The van der Waals surface area contributed by atoms with Crippen LogP contribution in [-0.2, 0) is 11.3 Å². The Morgan fingerprint density at radius 2 is 1.75 bits per heavy atom. The number of rotatable bonds is 4. The molecule has 0 fully saturated rings. The zero-order valence-corrected chi connectivity index (χ0v) is 13.7. The average Bonchev–Trinajstić information content (AvgIpc) is 3.02. The zero-order valence-electron chi connectivity index (χ0n) is 13.7. The van der Waals surface area contributed by atoms with Crippen LogP contribution in [-0.4, -0.2) is 25.5 Å². The number of hydrogen-bond acceptors (Lipinski definition) is 3. The van der Waals surface area contributed by atoms with Gasteiger partial charge >= 0.3 is 0 Å². The van der Waals surface area contributed by atoms with Crippen molar-refractivity contribution in [2.45, 2.75) is 27.3 Å². The topological polar surface area (TPSA) is 64.7 Å². The molecule has 3 rings (SSSR count). The van der Waals surface area contributed by atoms with Crippen molar-refractivity contribution in [2.24, 2.45) is 0 Å². The van der Waals surface area contributed by atoms with Crippen molar-refractivity contribution in [1.29, 1.82) is 0 Å². The molecule has 0 unspecified atom stereocenters. The van der Waals surface area contributed by atoms with E-state index < -0.39 is 0 Å². The summed E-state index contributed by atoms with van der Waals surface area (Å²) in [7, 11) is 0. The van der Waals surface area contributed by atoms with Crippen LogP contribution in [0.25, 0.3) is 5.69 Å². The Morgan fingerprint density at radius 3 is 2.38 bits per heavy atom. The normalized spacial score (nSPS) is 10.8. The Labute approximate surface area is 138 Å². The van der Waals surface area contributed by atoms with E-state index in [2.05, 4.69) is 15.5 Å². The lowest BCUT2D eigenvalue weighted by Crippen LogP contribution is -2.21. The summed E-state index contributed by atoms with van der Waals surface area (Å²) in [6.45, 7) is 5.73. The highest BCUT2D eigenvalue weighted by Gasteiger charge is 2.13. The molecule has 2 heterocycles. The second kappa shape index (κ2) is 6.27. The summed E-state index contributed by atoms with van der Waals surface area (Å²) in [5.41, 5.74) is 3.21. The molecule has 24 heavy (non-hydrogen) atoms. The van der Waals surface area contributed by atoms with E-state index in [0.717, 1.165) is 17.1 Å². The summed E-state index contributed by atoms with van der Waals surface area (Å²) in [4.78, 5) is 12.3. The van der Waals surface area contributed by atoms with Crippen LogP contribution in [0.1, 0.15) is 17.1 Å². The Bertz CT molecular complexity index is 879. The SMILES string of the molecule is Cc1cc(C)n(CC(=O)Nc2cc(C)nn2-c2ccc(F)cc2)n1. The van der Waals surface area contributed by atoms with Crippen LogP contribution in [0.3, 0.4) is 0 Å². The minimum absolute atomic E-state index is 0.118. The number of nitrogens with zero attached hydrogens (tertiary/aromatic N) is 4. The van der Waals surface area contributed by atoms with E-state index in [9.17, 15) is 9.18 Å². The molecular weight excluding hydrogens is 309 g/mol. The molecule has 0 radical (unpaired) electrons. The maximum absolute atomic E-state index is 13.1. The molecule has 0 atom stereocenters. The molecule has 6 nitrogen and oxygen atoms in total. The van der Waals surface area contributed by atoms with Crippen molar-refractivity contribution in [3.05, 3.63) is 59.3 Å². The Morgan fingerprint density at radius 1 is 1.08 bits per heavy atom. The van der Waals surface area contributed by atoms with Gasteiger partial charge in [0.1, 0.15) is 18.2 Å². The molecule has 0 aliphatic rings. The molecule has 7 heteroatoms. The third-order valence-corrected chi connectivity index (χ3v) is 3.57. The quantitative estimate of drug-likeness (QED) is 0.801. The van der Waals surface area contributed by atoms with Gasteiger partial charge in [0.05, 0.1) is 17.1 Å². The number of nitrogens with one attached hydrogen (secondary N) is 1. The molecule has 1 amide bonds. The highest BCUT2D eigenvalue weighted by molar-refractivity contribution is 5.90. The van der Waals surface area contributed by atoms with E-state index in [0.29, 0.717) is 11.5 Å². The molecule has 124 valence electrons. The van der Waals surface area contributed by atoms with Gasteiger partial charge in [0.25, 0.3) is 0 Å². The summed E-state index contributed by atoms with van der Waals surface area (Å²) >= 11 is 0. The third-order valence-electron chi connectivity index (χ3n) is 3.57. The van der Waals surface area contributed by atoms with Gasteiger partial charge in [-0.2, -0.15) is 10.2 Å². The predicted molar refractivity (Wildman–Crippen MR) is 88.6 cm³/mol.